The van der Waals surface area contributed by atoms with E-state index in [0.29, 0.717) is 40.1 Å². The number of carbonyl (C=O) groups is 1. The number of thiophene rings is 1. The Hall–Kier alpha value is -2.56. The molecule has 0 radical (unpaired) electrons. The molecule has 1 aliphatic rings. The molecular weight excluding hydrogens is 512 g/mol. The number of carbonyl (C=O) groups excluding carboxylic acids is 1. The zero-order valence-corrected chi connectivity index (χ0v) is 20.3. The number of hydrogen-bond acceptors (Lipinski definition) is 6. The normalized spacial score (nSPS) is 17.6. The van der Waals surface area contributed by atoms with E-state index in [1.165, 1.54) is 11.3 Å². The third-order valence-corrected chi connectivity index (χ3v) is 8.68. The van der Waals surface area contributed by atoms with Gasteiger partial charge in [-0.15, -0.1) is 11.3 Å². The minimum Gasteiger partial charge on any atom is -0.322 e. The summed E-state index contributed by atoms with van der Waals surface area (Å²) in [5.74, 6) is -0.0899. The quantitative estimate of drug-likeness (QED) is 0.407. The average Bonchev–Trinajstić information content (AvgIpc) is 3.48. The molecule has 5 rings (SSSR count). The number of aryl methyl sites for hydroxylation is 1. The Kier molecular flexibility index (Phi) is 5.39. The van der Waals surface area contributed by atoms with Crippen molar-refractivity contribution < 1.29 is 13.2 Å². The largest absolute Gasteiger partial charge is 0.322 e. The van der Waals surface area contributed by atoms with Gasteiger partial charge in [-0.3, -0.25) is 4.79 Å². The molecule has 1 atom stereocenters. The van der Waals surface area contributed by atoms with Crippen LogP contribution in [0.2, 0.25) is 0 Å². The number of sulfone groups is 1. The van der Waals surface area contributed by atoms with Crippen molar-refractivity contribution in [2.45, 2.75) is 19.4 Å². The second-order valence-electron chi connectivity index (χ2n) is 7.78. The van der Waals surface area contributed by atoms with Crippen LogP contribution in [-0.4, -0.2) is 40.6 Å². The van der Waals surface area contributed by atoms with Crippen molar-refractivity contribution in [1.29, 1.82) is 0 Å². The van der Waals surface area contributed by atoms with Crippen LogP contribution in [0.3, 0.4) is 0 Å². The number of fused-ring (bicyclic) bond motifs is 1. The maximum atomic E-state index is 13.3. The summed E-state index contributed by atoms with van der Waals surface area (Å²) in [6, 6.07) is 12.7. The van der Waals surface area contributed by atoms with Gasteiger partial charge in [-0.05, 0) is 55.1 Å². The summed E-state index contributed by atoms with van der Waals surface area (Å²) in [5, 5.41) is 10.2. The number of anilines is 1. The Bertz CT molecular complexity index is 1430. The molecule has 1 amide bonds. The van der Waals surface area contributed by atoms with Crippen molar-refractivity contribution in [1.82, 2.24) is 14.8 Å². The van der Waals surface area contributed by atoms with Gasteiger partial charge in [0.15, 0.2) is 15.5 Å². The highest BCUT2D eigenvalue weighted by atomic mass is 79.9. The lowest BCUT2D eigenvalue weighted by Gasteiger charge is -2.12. The smallest absolute Gasteiger partial charge is 0.256 e. The standard InChI is InChI=1S/C22H19BrN4O3S2/c1-13-20-17(22(28)24-15-6-4-14(23)5-7-15)11-18(19-3-2-9-31-19)25-21(20)27(26-13)16-8-10-32(29,30)12-16/h2-7,9,11,16H,8,10,12H2,1H3,(H,24,28). The molecule has 4 aromatic rings. The molecule has 1 N–H and O–H groups in total. The molecule has 1 saturated heterocycles. The number of aromatic nitrogens is 3. The highest BCUT2D eigenvalue weighted by Gasteiger charge is 2.32. The maximum absolute atomic E-state index is 13.3. The highest BCUT2D eigenvalue weighted by molar-refractivity contribution is 9.10. The molecule has 164 valence electrons. The monoisotopic (exact) mass is 530 g/mol. The molecule has 1 fully saturated rings. The molecule has 1 unspecified atom stereocenters. The number of amides is 1. The Balaban J connectivity index is 1.66. The van der Waals surface area contributed by atoms with Gasteiger partial charge < -0.3 is 5.32 Å². The average molecular weight is 531 g/mol. The highest BCUT2D eigenvalue weighted by Crippen LogP contribution is 2.33. The van der Waals surface area contributed by atoms with Crippen molar-refractivity contribution in [3.63, 3.8) is 0 Å². The van der Waals surface area contributed by atoms with Gasteiger partial charge in [0.25, 0.3) is 5.91 Å². The minimum atomic E-state index is -3.10. The van der Waals surface area contributed by atoms with E-state index in [9.17, 15) is 13.2 Å². The van der Waals surface area contributed by atoms with Crippen LogP contribution in [0, 0.1) is 6.92 Å². The zero-order chi connectivity index (χ0) is 22.5. The minimum absolute atomic E-state index is 0.0363. The maximum Gasteiger partial charge on any atom is 0.256 e. The van der Waals surface area contributed by atoms with E-state index in [4.69, 9.17) is 4.98 Å². The first-order valence-electron chi connectivity index (χ1n) is 10.0. The number of pyridine rings is 1. The van der Waals surface area contributed by atoms with Crippen molar-refractivity contribution in [2.24, 2.45) is 0 Å². The second kappa shape index (κ2) is 8.09. The van der Waals surface area contributed by atoms with Crippen LogP contribution in [0.15, 0.2) is 52.3 Å². The number of benzene rings is 1. The molecule has 1 aliphatic heterocycles. The molecule has 10 heteroatoms. The van der Waals surface area contributed by atoms with Crippen molar-refractivity contribution in [3.05, 3.63) is 63.6 Å². The number of nitrogens with one attached hydrogen (secondary N) is 1. The van der Waals surface area contributed by atoms with E-state index in [1.807, 2.05) is 48.7 Å². The van der Waals surface area contributed by atoms with Gasteiger partial charge in [-0.25, -0.2) is 18.1 Å². The summed E-state index contributed by atoms with van der Waals surface area (Å²) in [5.41, 5.74) is 2.99. The summed E-state index contributed by atoms with van der Waals surface area (Å²) >= 11 is 4.93. The van der Waals surface area contributed by atoms with Gasteiger partial charge in [-0.2, -0.15) is 5.10 Å². The first-order valence-corrected chi connectivity index (χ1v) is 13.5. The van der Waals surface area contributed by atoms with E-state index >= 15 is 0 Å². The SMILES string of the molecule is Cc1nn(C2CCS(=O)(=O)C2)c2nc(-c3cccs3)cc(C(=O)Nc3ccc(Br)cc3)c12. The van der Waals surface area contributed by atoms with Crippen LogP contribution in [-0.2, 0) is 9.84 Å². The predicted molar refractivity (Wildman–Crippen MR) is 130 cm³/mol. The van der Waals surface area contributed by atoms with Gasteiger partial charge in [0.05, 0.1) is 44.8 Å². The molecule has 4 heterocycles. The van der Waals surface area contributed by atoms with Crippen LogP contribution in [0.5, 0.6) is 0 Å². The van der Waals surface area contributed by atoms with Crippen LogP contribution in [0.4, 0.5) is 5.69 Å². The van der Waals surface area contributed by atoms with E-state index < -0.39 is 9.84 Å². The van der Waals surface area contributed by atoms with Crippen LogP contribution in [0.1, 0.15) is 28.5 Å². The van der Waals surface area contributed by atoms with Gasteiger partial charge in [-0.1, -0.05) is 22.0 Å². The van der Waals surface area contributed by atoms with Crippen molar-refractivity contribution in [3.8, 4) is 10.6 Å². The number of hydrogen-bond donors (Lipinski definition) is 1. The van der Waals surface area contributed by atoms with E-state index in [-0.39, 0.29) is 23.5 Å². The Labute approximate surface area is 197 Å². The Morgan fingerprint density at radius 1 is 1.25 bits per heavy atom. The summed E-state index contributed by atoms with van der Waals surface area (Å²) in [6.07, 6.45) is 0.490. The zero-order valence-electron chi connectivity index (χ0n) is 17.1. The van der Waals surface area contributed by atoms with E-state index in [1.54, 1.807) is 10.7 Å². The van der Waals surface area contributed by atoms with Crippen molar-refractivity contribution >= 4 is 59.7 Å². The lowest BCUT2D eigenvalue weighted by atomic mass is 10.1. The fraction of sp³-hybridized carbons (Fsp3) is 0.227. The van der Waals surface area contributed by atoms with Crippen LogP contribution < -0.4 is 5.32 Å². The lowest BCUT2D eigenvalue weighted by molar-refractivity contribution is 0.102. The fourth-order valence-corrected chi connectivity index (χ4v) is 6.64. The fourth-order valence-electron chi connectivity index (χ4n) is 4.00. The molecule has 1 aromatic carbocycles. The van der Waals surface area contributed by atoms with E-state index in [0.717, 1.165) is 9.35 Å². The lowest BCUT2D eigenvalue weighted by Crippen LogP contribution is -2.15. The second-order valence-corrected chi connectivity index (χ2v) is 11.9. The predicted octanol–water partition coefficient (Wildman–Crippen LogP) is 4.84. The van der Waals surface area contributed by atoms with Crippen LogP contribution in [0.25, 0.3) is 21.6 Å². The van der Waals surface area contributed by atoms with Gasteiger partial charge in [0, 0.05) is 10.2 Å². The first-order chi connectivity index (χ1) is 15.3. The number of nitrogens with zero attached hydrogens (tertiary/aromatic N) is 3. The molecule has 0 bridgehead atoms. The number of halogens is 1. The van der Waals surface area contributed by atoms with Crippen molar-refractivity contribution in [2.75, 3.05) is 16.8 Å². The third-order valence-electron chi connectivity index (χ3n) is 5.51. The Morgan fingerprint density at radius 2 is 2.03 bits per heavy atom. The molecule has 0 saturated carbocycles. The van der Waals surface area contributed by atoms with Crippen LogP contribution >= 0.6 is 27.3 Å². The topological polar surface area (TPSA) is 93.9 Å². The Morgan fingerprint density at radius 3 is 2.69 bits per heavy atom. The molecule has 0 spiro atoms. The first kappa shape index (κ1) is 21.3. The summed E-state index contributed by atoms with van der Waals surface area (Å²) < 4.78 is 26.8. The number of rotatable bonds is 4. The van der Waals surface area contributed by atoms with Gasteiger partial charge in [0.1, 0.15) is 0 Å². The molecule has 32 heavy (non-hydrogen) atoms. The van der Waals surface area contributed by atoms with Gasteiger partial charge in [0.2, 0.25) is 0 Å². The summed E-state index contributed by atoms with van der Waals surface area (Å²) in [6.45, 7) is 1.82. The summed E-state index contributed by atoms with van der Waals surface area (Å²) in [7, 11) is -3.10. The molecule has 0 aliphatic carbocycles. The third kappa shape index (κ3) is 3.98. The van der Waals surface area contributed by atoms with E-state index in [2.05, 4.69) is 26.3 Å². The molecule has 7 nitrogen and oxygen atoms in total. The summed E-state index contributed by atoms with van der Waals surface area (Å²) in [4.78, 5) is 19.1. The van der Waals surface area contributed by atoms with Gasteiger partial charge >= 0.3 is 0 Å². The molecule has 3 aromatic heterocycles. The molecular formula is C22H19BrN4O3S2.